The monoisotopic (exact) mass is 396 g/mol. The van der Waals surface area contributed by atoms with Crippen LogP contribution in [0.15, 0.2) is 54.0 Å². The molecule has 9 heteroatoms. The molecule has 0 aliphatic heterocycles. The van der Waals surface area contributed by atoms with Gasteiger partial charge in [-0.3, -0.25) is 0 Å². The van der Waals surface area contributed by atoms with Crippen LogP contribution in [-0.4, -0.2) is 13.4 Å². The lowest BCUT2D eigenvalue weighted by Crippen LogP contribution is -2.24. The number of aromatic nitrogens is 1. The van der Waals surface area contributed by atoms with E-state index in [1.165, 1.54) is 11.3 Å². The largest absolute Gasteiger partial charge is 0.431 e. The third-order valence-electron chi connectivity index (χ3n) is 3.31. The van der Waals surface area contributed by atoms with Gasteiger partial charge in [0.15, 0.2) is 0 Å². The average Bonchev–Trinajstić information content (AvgIpc) is 3.06. The Morgan fingerprint density at radius 2 is 1.73 bits per heavy atom. The molecule has 1 N–H and O–H groups in total. The molecular formula is C17H14F2N2O3S2. The van der Waals surface area contributed by atoms with Crippen molar-refractivity contribution in [2.24, 2.45) is 0 Å². The van der Waals surface area contributed by atoms with Crippen molar-refractivity contribution in [2.75, 3.05) is 0 Å². The molecule has 0 fully saturated rings. The molecule has 0 aliphatic carbocycles. The van der Waals surface area contributed by atoms with Crippen LogP contribution >= 0.6 is 11.3 Å². The number of benzene rings is 2. The zero-order valence-electron chi connectivity index (χ0n) is 13.4. The molecule has 0 amide bonds. The molecule has 136 valence electrons. The van der Waals surface area contributed by atoms with Gasteiger partial charge in [-0.2, -0.15) is 0 Å². The highest BCUT2D eigenvalue weighted by atomic mass is 32.2. The number of hydrogen-bond acceptors (Lipinski definition) is 5. The van der Waals surface area contributed by atoms with Gasteiger partial charge in [0.1, 0.15) is 17.4 Å². The van der Waals surface area contributed by atoms with Gasteiger partial charge >= 0.3 is 0 Å². The molecule has 2 aromatic carbocycles. The van der Waals surface area contributed by atoms with E-state index in [-0.39, 0.29) is 12.1 Å². The Morgan fingerprint density at radius 1 is 1.04 bits per heavy atom. The molecule has 1 aromatic heterocycles. The van der Waals surface area contributed by atoms with Gasteiger partial charge in [-0.15, -0.1) is 0 Å². The van der Waals surface area contributed by atoms with E-state index >= 15 is 0 Å². The van der Waals surface area contributed by atoms with Crippen molar-refractivity contribution in [3.8, 4) is 10.9 Å². The van der Waals surface area contributed by atoms with Crippen molar-refractivity contribution in [1.82, 2.24) is 9.71 Å². The van der Waals surface area contributed by atoms with E-state index in [2.05, 4.69) is 9.71 Å². The number of rotatable bonds is 7. The third-order valence-corrected chi connectivity index (χ3v) is 5.26. The highest BCUT2D eigenvalue weighted by Gasteiger charge is 2.13. The molecule has 26 heavy (non-hydrogen) atoms. The predicted molar refractivity (Wildman–Crippen MR) is 94.5 cm³/mol. The molecule has 1 heterocycles. The first-order chi connectivity index (χ1) is 12.4. The number of halogens is 2. The smallest absolute Gasteiger partial charge is 0.278 e. The minimum Gasteiger partial charge on any atom is -0.431 e. The first-order valence-electron chi connectivity index (χ1n) is 7.48. The van der Waals surface area contributed by atoms with Gasteiger partial charge < -0.3 is 4.74 Å². The van der Waals surface area contributed by atoms with Gasteiger partial charge in [0.25, 0.3) is 5.19 Å². The molecule has 0 bridgehead atoms. The van der Waals surface area contributed by atoms with E-state index in [9.17, 15) is 17.2 Å². The Balaban J connectivity index is 1.58. The standard InChI is InChI=1S/C17H14F2N2O3S2/c18-14-7-13(8-15(19)9-14)11-26(22,23)21-10-12-1-3-16(4-2-12)24-17-20-5-6-25-17/h1-9,21H,10-11H2. The van der Waals surface area contributed by atoms with E-state index in [0.29, 0.717) is 22.6 Å². The van der Waals surface area contributed by atoms with Crippen LogP contribution in [0.1, 0.15) is 11.1 Å². The predicted octanol–water partition coefficient (Wildman–Crippen LogP) is 3.83. The maximum Gasteiger partial charge on any atom is 0.278 e. The topological polar surface area (TPSA) is 68.3 Å². The van der Waals surface area contributed by atoms with E-state index in [1.807, 2.05) is 0 Å². The average molecular weight is 396 g/mol. The Kier molecular flexibility index (Phi) is 5.60. The number of ether oxygens (including phenoxy) is 1. The second kappa shape index (κ2) is 7.90. The molecular weight excluding hydrogens is 382 g/mol. The Hall–Kier alpha value is -2.36. The summed E-state index contributed by atoms with van der Waals surface area (Å²) < 4.78 is 58.4. The summed E-state index contributed by atoms with van der Waals surface area (Å²) in [7, 11) is -3.74. The number of sulfonamides is 1. The summed E-state index contributed by atoms with van der Waals surface area (Å²) in [4.78, 5) is 4.01. The van der Waals surface area contributed by atoms with Crippen molar-refractivity contribution >= 4 is 21.4 Å². The van der Waals surface area contributed by atoms with Gasteiger partial charge in [0.2, 0.25) is 10.0 Å². The van der Waals surface area contributed by atoms with Crippen molar-refractivity contribution in [1.29, 1.82) is 0 Å². The van der Waals surface area contributed by atoms with E-state index in [1.54, 1.807) is 35.8 Å². The second-order valence-corrected chi connectivity index (χ2v) is 8.07. The fourth-order valence-electron chi connectivity index (χ4n) is 2.19. The van der Waals surface area contributed by atoms with Crippen LogP contribution in [0.4, 0.5) is 8.78 Å². The summed E-state index contributed by atoms with van der Waals surface area (Å²) in [5, 5.41) is 2.31. The summed E-state index contributed by atoms with van der Waals surface area (Å²) in [6, 6.07) is 9.51. The molecule has 0 spiro atoms. The van der Waals surface area contributed by atoms with E-state index in [4.69, 9.17) is 4.74 Å². The van der Waals surface area contributed by atoms with Crippen LogP contribution in [0.2, 0.25) is 0 Å². The van der Waals surface area contributed by atoms with E-state index < -0.39 is 27.4 Å². The molecule has 0 atom stereocenters. The number of nitrogens with one attached hydrogen (secondary N) is 1. The maximum atomic E-state index is 13.2. The Morgan fingerprint density at radius 3 is 2.35 bits per heavy atom. The summed E-state index contributed by atoms with van der Waals surface area (Å²) in [6.45, 7) is 0.0532. The zero-order chi connectivity index (χ0) is 18.6. The minimum absolute atomic E-state index is 0.0437. The van der Waals surface area contributed by atoms with Crippen molar-refractivity contribution < 1.29 is 21.9 Å². The fourth-order valence-corrected chi connectivity index (χ4v) is 3.79. The van der Waals surface area contributed by atoms with Gasteiger partial charge in [0.05, 0.1) is 5.75 Å². The number of thiazole rings is 1. The first kappa shape index (κ1) is 18.4. The molecule has 0 radical (unpaired) electrons. The lowest BCUT2D eigenvalue weighted by Gasteiger charge is -2.08. The van der Waals surface area contributed by atoms with Crippen LogP contribution in [0.3, 0.4) is 0 Å². The summed E-state index contributed by atoms with van der Waals surface area (Å²) in [5.41, 5.74) is 0.757. The van der Waals surface area contributed by atoms with E-state index in [0.717, 1.165) is 12.1 Å². The molecule has 5 nitrogen and oxygen atoms in total. The number of hydrogen-bond donors (Lipinski definition) is 1. The summed E-state index contributed by atoms with van der Waals surface area (Å²) >= 11 is 1.36. The van der Waals surface area contributed by atoms with Crippen LogP contribution in [0.5, 0.6) is 10.9 Å². The molecule has 0 unspecified atom stereocenters. The fraction of sp³-hybridized carbons (Fsp3) is 0.118. The number of nitrogens with zero attached hydrogens (tertiary/aromatic N) is 1. The Labute approximate surface area is 153 Å². The van der Waals surface area contributed by atoms with Crippen LogP contribution in [0.25, 0.3) is 0 Å². The molecule has 0 saturated heterocycles. The minimum atomic E-state index is -3.74. The highest BCUT2D eigenvalue weighted by Crippen LogP contribution is 2.23. The Bertz CT molecular complexity index is 956. The van der Waals surface area contributed by atoms with Crippen molar-refractivity contribution in [3.05, 3.63) is 76.8 Å². The van der Waals surface area contributed by atoms with Gasteiger partial charge in [-0.1, -0.05) is 23.5 Å². The molecule has 3 rings (SSSR count). The molecule has 0 aliphatic rings. The lowest BCUT2D eigenvalue weighted by molar-refractivity contribution is 0.478. The SMILES string of the molecule is O=S(=O)(Cc1cc(F)cc(F)c1)NCc1ccc(Oc2nccs2)cc1. The van der Waals surface area contributed by atoms with Crippen LogP contribution in [-0.2, 0) is 22.3 Å². The summed E-state index contributed by atoms with van der Waals surface area (Å²) in [5.74, 6) is -1.55. The molecule has 0 saturated carbocycles. The maximum absolute atomic E-state index is 13.2. The summed E-state index contributed by atoms with van der Waals surface area (Å²) in [6.07, 6.45) is 1.63. The molecule has 3 aromatic rings. The quantitative estimate of drug-likeness (QED) is 0.659. The first-order valence-corrected chi connectivity index (χ1v) is 10.0. The zero-order valence-corrected chi connectivity index (χ0v) is 15.0. The van der Waals surface area contributed by atoms with Crippen LogP contribution in [0, 0.1) is 11.6 Å². The van der Waals surface area contributed by atoms with Crippen molar-refractivity contribution in [2.45, 2.75) is 12.3 Å². The highest BCUT2D eigenvalue weighted by molar-refractivity contribution is 7.88. The van der Waals surface area contributed by atoms with Crippen molar-refractivity contribution in [3.63, 3.8) is 0 Å². The van der Waals surface area contributed by atoms with Gasteiger partial charge in [-0.05, 0) is 35.4 Å². The van der Waals surface area contributed by atoms with Crippen LogP contribution < -0.4 is 9.46 Å². The second-order valence-electron chi connectivity index (χ2n) is 5.40. The van der Waals surface area contributed by atoms with Gasteiger partial charge in [0, 0.05) is 24.2 Å². The lowest BCUT2D eigenvalue weighted by atomic mass is 10.2. The third kappa shape index (κ3) is 5.32. The normalized spacial score (nSPS) is 11.5. The van der Waals surface area contributed by atoms with Gasteiger partial charge in [-0.25, -0.2) is 26.9 Å².